The highest BCUT2D eigenvalue weighted by Crippen LogP contribution is 2.39. The van der Waals surface area contributed by atoms with Crippen molar-refractivity contribution in [2.45, 2.75) is 46.1 Å². The zero-order valence-corrected chi connectivity index (χ0v) is 26.3. The van der Waals surface area contributed by atoms with Gasteiger partial charge in [0.05, 0.1) is 42.7 Å². The molecule has 0 aliphatic carbocycles. The van der Waals surface area contributed by atoms with E-state index in [0.29, 0.717) is 11.4 Å². The number of pyridine rings is 1. The van der Waals surface area contributed by atoms with E-state index < -0.39 is 22.0 Å². The number of aryl methyl sites for hydroxylation is 1. The summed E-state index contributed by atoms with van der Waals surface area (Å²) in [4.78, 5) is 30.0. The smallest absolute Gasteiger partial charge is 0.414 e. The minimum Gasteiger partial charge on any atom is -0.492 e. The lowest BCUT2D eigenvalue weighted by molar-refractivity contribution is 0.102. The van der Waals surface area contributed by atoms with E-state index in [1.807, 2.05) is 33.8 Å². The predicted octanol–water partition coefficient (Wildman–Crippen LogP) is 4.75. The van der Waals surface area contributed by atoms with Gasteiger partial charge in [-0.25, -0.2) is 17.9 Å². The monoisotopic (exact) mass is 621 g/mol. The van der Waals surface area contributed by atoms with Crippen LogP contribution < -0.4 is 24.8 Å². The largest absolute Gasteiger partial charge is 0.492 e. The van der Waals surface area contributed by atoms with E-state index in [4.69, 9.17) is 9.47 Å². The highest BCUT2D eigenvalue weighted by molar-refractivity contribution is 7.92. The number of amides is 2. The van der Waals surface area contributed by atoms with Gasteiger partial charge >= 0.3 is 6.09 Å². The number of nitrogens with one attached hydrogen (secondary N) is 3. The van der Waals surface area contributed by atoms with Gasteiger partial charge in [0.25, 0.3) is 11.8 Å². The van der Waals surface area contributed by atoms with Crippen LogP contribution in [0.15, 0.2) is 61.1 Å². The minimum atomic E-state index is -3.63. The summed E-state index contributed by atoms with van der Waals surface area (Å²) in [6.07, 6.45) is 5.05. The van der Waals surface area contributed by atoms with Gasteiger partial charge in [0.2, 0.25) is 10.0 Å². The van der Waals surface area contributed by atoms with Crippen molar-refractivity contribution in [3.63, 3.8) is 0 Å². The summed E-state index contributed by atoms with van der Waals surface area (Å²) < 4.78 is 38.8. The van der Waals surface area contributed by atoms with E-state index in [1.165, 1.54) is 18.0 Å². The summed E-state index contributed by atoms with van der Waals surface area (Å²) in [7, 11) is -2.24. The van der Waals surface area contributed by atoms with Gasteiger partial charge in [-0.1, -0.05) is 43.2 Å². The standard InChI is InChI=1S/C30H35N7O6S/c1-18-10-11-20(28(38)33-23-14-22(30(3,4)5)15-24(27(23)42-6)35-44(7,40)41)13-25(18)37-17-26(34-36-37)43-29(39)32-19(2)21-9-8-12-31-16-21/h8-17,19,35H,1-7H3,(H,32,39)(H,33,38). The van der Waals surface area contributed by atoms with Crippen molar-refractivity contribution < 1.29 is 27.5 Å². The molecule has 0 saturated heterocycles. The Hall–Kier alpha value is -4.98. The van der Waals surface area contributed by atoms with E-state index in [9.17, 15) is 18.0 Å². The van der Waals surface area contributed by atoms with Crippen molar-refractivity contribution in [3.05, 3.63) is 83.3 Å². The lowest BCUT2D eigenvalue weighted by Crippen LogP contribution is -2.29. The molecule has 2 amide bonds. The summed E-state index contributed by atoms with van der Waals surface area (Å²) in [5, 5.41) is 13.6. The quantitative estimate of drug-likeness (QED) is 0.239. The van der Waals surface area contributed by atoms with Crippen molar-refractivity contribution in [3.8, 4) is 17.3 Å². The molecule has 4 rings (SSSR count). The minimum absolute atomic E-state index is 0.0372. The predicted molar refractivity (Wildman–Crippen MR) is 166 cm³/mol. The third kappa shape index (κ3) is 7.89. The highest BCUT2D eigenvalue weighted by Gasteiger charge is 2.23. The first kappa shape index (κ1) is 31.9. The van der Waals surface area contributed by atoms with Crippen LogP contribution in [0.3, 0.4) is 0 Å². The van der Waals surface area contributed by atoms with E-state index in [-0.39, 0.29) is 34.3 Å². The Morgan fingerprint density at radius 1 is 1.07 bits per heavy atom. The number of ether oxygens (including phenoxy) is 2. The van der Waals surface area contributed by atoms with Crippen LogP contribution in [0.4, 0.5) is 16.2 Å². The van der Waals surface area contributed by atoms with E-state index >= 15 is 0 Å². The molecule has 232 valence electrons. The van der Waals surface area contributed by atoms with Crippen molar-refractivity contribution in [2.24, 2.45) is 0 Å². The maximum atomic E-state index is 13.5. The molecule has 0 saturated carbocycles. The van der Waals surface area contributed by atoms with Gasteiger partial charge < -0.3 is 20.1 Å². The number of carbonyl (C=O) groups is 2. The van der Waals surface area contributed by atoms with Gasteiger partial charge in [-0.15, -0.1) is 0 Å². The summed E-state index contributed by atoms with van der Waals surface area (Å²) in [5.41, 5.74) is 3.31. The first-order valence-corrected chi connectivity index (χ1v) is 15.5. The molecule has 13 nitrogen and oxygen atoms in total. The Morgan fingerprint density at radius 2 is 1.80 bits per heavy atom. The van der Waals surface area contributed by atoms with Gasteiger partial charge in [-0.2, -0.15) is 0 Å². The van der Waals surface area contributed by atoms with Crippen LogP contribution in [0.25, 0.3) is 5.69 Å². The number of hydrogen-bond donors (Lipinski definition) is 3. The first-order valence-electron chi connectivity index (χ1n) is 13.6. The zero-order chi connectivity index (χ0) is 32.2. The fourth-order valence-corrected chi connectivity index (χ4v) is 4.82. The second kappa shape index (κ2) is 12.7. The van der Waals surface area contributed by atoms with Gasteiger partial charge in [-0.05, 0) is 66.3 Å². The van der Waals surface area contributed by atoms with Crippen LogP contribution in [-0.2, 0) is 15.4 Å². The van der Waals surface area contributed by atoms with Crippen molar-refractivity contribution in [1.29, 1.82) is 0 Å². The third-order valence-electron chi connectivity index (χ3n) is 6.61. The number of hydrogen-bond acceptors (Lipinski definition) is 9. The molecule has 2 heterocycles. The molecule has 0 aliphatic heterocycles. The molecular weight excluding hydrogens is 586 g/mol. The van der Waals surface area contributed by atoms with Crippen LogP contribution in [0.2, 0.25) is 0 Å². The van der Waals surface area contributed by atoms with Crippen LogP contribution >= 0.6 is 0 Å². The zero-order valence-electron chi connectivity index (χ0n) is 25.5. The lowest BCUT2D eigenvalue weighted by Gasteiger charge is -2.24. The Bertz CT molecular complexity index is 1780. The molecule has 1 unspecified atom stereocenters. The molecular formula is C30H35N7O6S. The fourth-order valence-electron chi connectivity index (χ4n) is 4.27. The molecule has 0 spiro atoms. The van der Waals surface area contributed by atoms with E-state index in [0.717, 1.165) is 22.9 Å². The van der Waals surface area contributed by atoms with Gasteiger partial charge in [0, 0.05) is 18.0 Å². The fraction of sp³-hybridized carbons (Fsp3) is 0.300. The van der Waals surface area contributed by atoms with Gasteiger partial charge in [-0.3, -0.25) is 14.5 Å². The van der Waals surface area contributed by atoms with Crippen LogP contribution in [0.5, 0.6) is 11.6 Å². The number of aromatic nitrogens is 4. The van der Waals surface area contributed by atoms with Crippen LogP contribution in [0, 0.1) is 6.92 Å². The average molecular weight is 622 g/mol. The Kier molecular flexibility index (Phi) is 9.23. The maximum absolute atomic E-state index is 13.5. The second-order valence-corrected chi connectivity index (χ2v) is 13.0. The van der Waals surface area contributed by atoms with E-state index in [2.05, 4.69) is 30.7 Å². The summed E-state index contributed by atoms with van der Waals surface area (Å²) in [5.74, 6) is -0.343. The second-order valence-electron chi connectivity index (χ2n) is 11.2. The number of anilines is 2. The third-order valence-corrected chi connectivity index (χ3v) is 7.20. The van der Waals surface area contributed by atoms with Gasteiger partial charge in [0.1, 0.15) is 0 Å². The number of rotatable bonds is 9. The van der Waals surface area contributed by atoms with Gasteiger partial charge in [0.15, 0.2) is 5.75 Å². The summed E-state index contributed by atoms with van der Waals surface area (Å²) in [6, 6.07) is 11.7. The molecule has 3 N–H and O–H groups in total. The van der Waals surface area contributed by atoms with Crippen molar-refractivity contribution >= 4 is 33.4 Å². The maximum Gasteiger partial charge on any atom is 0.414 e. The first-order chi connectivity index (χ1) is 20.6. The normalized spacial score (nSPS) is 12.2. The molecule has 4 aromatic rings. The molecule has 1 atom stereocenters. The number of methoxy groups -OCH3 is 1. The number of sulfonamides is 1. The number of nitrogens with zero attached hydrogens (tertiary/aromatic N) is 4. The summed E-state index contributed by atoms with van der Waals surface area (Å²) in [6.45, 7) is 9.54. The molecule has 14 heteroatoms. The van der Waals surface area contributed by atoms with Crippen LogP contribution in [0.1, 0.15) is 60.8 Å². The Labute approximate surface area is 256 Å². The topological polar surface area (TPSA) is 166 Å². The molecule has 0 radical (unpaired) electrons. The molecule has 0 bridgehead atoms. The molecule has 2 aromatic carbocycles. The molecule has 0 fully saturated rings. The van der Waals surface area contributed by atoms with E-state index in [1.54, 1.807) is 55.7 Å². The highest BCUT2D eigenvalue weighted by atomic mass is 32.2. The Morgan fingerprint density at radius 3 is 2.43 bits per heavy atom. The van der Waals surface area contributed by atoms with Crippen LogP contribution in [-0.4, -0.2) is 53.8 Å². The average Bonchev–Trinajstić information content (AvgIpc) is 3.40. The molecule has 44 heavy (non-hydrogen) atoms. The molecule has 0 aliphatic rings. The lowest BCUT2D eigenvalue weighted by atomic mass is 9.86. The Balaban J connectivity index is 1.56. The molecule has 2 aromatic heterocycles. The number of benzene rings is 2. The summed E-state index contributed by atoms with van der Waals surface area (Å²) >= 11 is 0. The number of carbonyl (C=O) groups excluding carboxylic acids is 2. The van der Waals surface area contributed by atoms with Crippen molar-refractivity contribution in [1.82, 2.24) is 25.3 Å². The van der Waals surface area contributed by atoms with Crippen molar-refractivity contribution in [2.75, 3.05) is 23.4 Å². The SMILES string of the molecule is COc1c(NC(=O)c2ccc(C)c(-n3cc(OC(=O)NC(C)c4cccnc4)nn3)c2)cc(C(C)(C)C)cc1NS(C)(=O)=O.